The molecule has 0 aliphatic carbocycles. The molecule has 2 aromatic carbocycles. The summed E-state index contributed by atoms with van der Waals surface area (Å²) in [5.41, 5.74) is 3.12. The van der Waals surface area contributed by atoms with Crippen molar-refractivity contribution >= 4 is 10.8 Å². The number of ether oxygens (including phenoxy) is 2. The topological polar surface area (TPSA) is 35.5 Å². The second kappa shape index (κ2) is 5.48. The molecule has 20 heavy (non-hydrogen) atoms. The van der Waals surface area contributed by atoms with Crippen LogP contribution in [0.3, 0.4) is 0 Å². The predicted octanol–water partition coefficient (Wildman–Crippen LogP) is 3.05. The van der Waals surface area contributed by atoms with E-state index in [1.807, 2.05) is 42.5 Å². The van der Waals surface area contributed by atoms with Gasteiger partial charge in [-0.1, -0.05) is 30.3 Å². The molecule has 104 valence electrons. The van der Waals surface area contributed by atoms with Crippen molar-refractivity contribution in [2.75, 3.05) is 14.2 Å². The number of methoxy groups -OCH3 is 2. The molecule has 1 aliphatic heterocycles. The van der Waals surface area contributed by atoms with Crippen molar-refractivity contribution in [1.82, 2.24) is 0 Å². The lowest BCUT2D eigenvalue weighted by Crippen LogP contribution is -2.15. The summed E-state index contributed by atoms with van der Waals surface area (Å²) in [5, 5.41) is 0. The van der Waals surface area contributed by atoms with Crippen molar-refractivity contribution in [2.24, 2.45) is 0 Å². The summed E-state index contributed by atoms with van der Waals surface area (Å²) in [6, 6.07) is 13.7. The van der Waals surface area contributed by atoms with Crippen LogP contribution in [-0.4, -0.2) is 18.4 Å². The van der Waals surface area contributed by atoms with Gasteiger partial charge in [0.2, 0.25) is 0 Å². The molecule has 3 nitrogen and oxygen atoms in total. The molecule has 2 aromatic rings. The zero-order valence-electron chi connectivity index (χ0n) is 11.5. The summed E-state index contributed by atoms with van der Waals surface area (Å²) in [6.07, 6.45) is 0.337. The van der Waals surface area contributed by atoms with E-state index in [1.165, 1.54) is 0 Å². The third-order valence-corrected chi connectivity index (χ3v) is 5.17. The maximum atomic E-state index is 12.7. The fourth-order valence-electron chi connectivity index (χ4n) is 2.66. The Labute approximate surface area is 121 Å². The summed E-state index contributed by atoms with van der Waals surface area (Å²) < 4.78 is 23.4. The maximum absolute atomic E-state index is 12.7. The van der Waals surface area contributed by atoms with E-state index < -0.39 is 17.1 Å². The van der Waals surface area contributed by atoms with Gasteiger partial charge in [-0.2, -0.15) is 0 Å². The van der Waals surface area contributed by atoms with Crippen LogP contribution in [0.2, 0.25) is 0 Å². The smallest absolute Gasteiger partial charge is 0.183 e. The van der Waals surface area contributed by atoms with Crippen LogP contribution in [0.4, 0.5) is 0 Å². The molecule has 0 saturated heterocycles. The van der Waals surface area contributed by atoms with Gasteiger partial charge in [0.15, 0.2) is 6.29 Å². The first kappa shape index (κ1) is 13.5. The van der Waals surface area contributed by atoms with E-state index in [9.17, 15) is 4.21 Å². The number of hydrogen-bond acceptors (Lipinski definition) is 3. The monoisotopic (exact) mass is 288 g/mol. The molecular weight excluding hydrogens is 272 g/mol. The molecule has 1 heterocycles. The highest BCUT2D eigenvalue weighted by Gasteiger charge is 2.26. The standard InChI is InChI=1S/C16H16O3S/c1-18-16(19-2)12-7-5-9-15-13(12)10-11-6-3-4-8-14(11)20(15)17/h3-9,16H,10H2,1-2H3. The third kappa shape index (κ3) is 2.10. The summed E-state index contributed by atoms with van der Waals surface area (Å²) in [5.74, 6) is 0. The zero-order valence-corrected chi connectivity index (χ0v) is 12.3. The van der Waals surface area contributed by atoms with Gasteiger partial charge in [0.05, 0.1) is 10.8 Å². The van der Waals surface area contributed by atoms with E-state index >= 15 is 0 Å². The van der Waals surface area contributed by atoms with Crippen LogP contribution in [0.15, 0.2) is 52.3 Å². The second-order valence-corrected chi connectivity index (χ2v) is 6.10. The van der Waals surface area contributed by atoms with Gasteiger partial charge in [-0.3, -0.25) is 0 Å². The average molecular weight is 288 g/mol. The van der Waals surface area contributed by atoms with E-state index in [4.69, 9.17) is 9.47 Å². The van der Waals surface area contributed by atoms with Crippen LogP contribution in [0.5, 0.6) is 0 Å². The van der Waals surface area contributed by atoms with Crippen LogP contribution >= 0.6 is 0 Å². The van der Waals surface area contributed by atoms with Crippen molar-refractivity contribution in [2.45, 2.75) is 22.5 Å². The van der Waals surface area contributed by atoms with Gasteiger partial charge < -0.3 is 9.47 Å². The Hall–Kier alpha value is -1.49. The average Bonchev–Trinajstić information content (AvgIpc) is 2.49. The minimum atomic E-state index is -1.13. The fourth-order valence-corrected chi connectivity index (χ4v) is 4.09. The summed E-state index contributed by atoms with van der Waals surface area (Å²) >= 11 is 0. The van der Waals surface area contributed by atoms with Gasteiger partial charge in [-0.05, 0) is 23.3 Å². The van der Waals surface area contributed by atoms with Crippen molar-refractivity contribution in [3.63, 3.8) is 0 Å². The Balaban J connectivity index is 2.15. The minimum absolute atomic E-state index is 0.424. The molecule has 3 rings (SSSR count). The Bertz CT molecular complexity index is 663. The van der Waals surface area contributed by atoms with Crippen molar-refractivity contribution in [3.05, 3.63) is 59.2 Å². The van der Waals surface area contributed by atoms with Crippen molar-refractivity contribution in [1.29, 1.82) is 0 Å². The third-order valence-electron chi connectivity index (χ3n) is 3.59. The predicted molar refractivity (Wildman–Crippen MR) is 77.1 cm³/mol. The SMILES string of the molecule is COC(OC)c1cccc2c1Cc1ccccc1S2=O. The first-order valence-corrected chi connectivity index (χ1v) is 7.58. The van der Waals surface area contributed by atoms with Crippen LogP contribution in [0.25, 0.3) is 0 Å². The Morgan fingerprint density at radius 3 is 2.45 bits per heavy atom. The lowest BCUT2D eigenvalue weighted by molar-refractivity contribution is -0.106. The lowest BCUT2D eigenvalue weighted by atomic mass is 9.98. The largest absolute Gasteiger partial charge is 0.352 e. The Morgan fingerprint density at radius 1 is 1.00 bits per heavy atom. The first-order chi connectivity index (χ1) is 9.76. The molecule has 1 atom stereocenters. The normalized spacial score (nSPS) is 16.9. The number of fused-ring (bicyclic) bond motifs is 2. The first-order valence-electron chi connectivity index (χ1n) is 6.43. The fraction of sp³-hybridized carbons (Fsp3) is 0.250. The van der Waals surface area contributed by atoms with Gasteiger partial charge in [-0.25, -0.2) is 4.21 Å². The summed E-state index contributed by atoms with van der Waals surface area (Å²) in [6.45, 7) is 0. The molecule has 0 spiro atoms. The van der Waals surface area contributed by atoms with Gasteiger partial charge in [0.1, 0.15) is 0 Å². The summed E-state index contributed by atoms with van der Waals surface area (Å²) in [4.78, 5) is 1.77. The van der Waals surface area contributed by atoms with Gasteiger partial charge in [0.25, 0.3) is 0 Å². The highest BCUT2D eigenvalue weighted by Crippen LogP contribution is 2.35. The molecule has 0 aromatic heterocycles. The number of rotatable bonds is 3. The van der Waals surface area contributed by atoms with Crippen LogP contribution in [0, 0.1) is 0 Å². The summed E-state index contributed by atoms with van der Waals surface area (Å²) in [7, 11) is 2.09. The quantitative estimate of drug-likeness (QED) is 0.695. The zero-order chi connectivity index (χ0) is 14.1. The maximum Gasteiger partial charge on any atom is 0.183 e. The van der Waals surface area contributed by atoms with E-state index in [0.717, 1.165) is 32.9 Å². The molecule has 0 radical (unpaired) electrons. The van der Waals surface area contributed by atoms with Gasteiger partial charge in [0, 0.05) is 36.0 Å². The van der Waals surface area contributed by atoms with Gasteiger partial charge in [-0.15, -0.1) is 0 Å². The number of hydrogen-bond donors (Lipinski definition) is 0. The lowest BCUT2D eigenvalue weighted by Gasteiger charge is -2.24. The highest BCUT2D eigenvalue weighted by atomic mass is 32.2. The molecule has 1 aliphatic rings. The molecule has 0 fully saturated rings. The van der Waals surface area contributed by atoms with Crippen molar-refractivity contribution in [3.8, 4) is 0 Å². The van der Waals surface area contributed by atoms with Crippen molar-refractivity contribution < 1.29 is 13.7 Å². The molecule has 4 heteroatoms. The van der Waals surface area contributed by atoms with E-state index in [-0.39, 0.29) is 0 Å². The molecule has 0 saturated carbocycles. The van der Waals surface area contributed by atoms with E-state index in [0.29, 0.717) is 0 Å². The molecule has 0 amide bonds. The van der Waals surface area contributed by atoms with Crippen LogP contribution in [-0.2, 0) is 26.7 Å². The van der Waals surface area contributed by atoms with E-state index in [1.54, 1.807) is 14.2 Å². The Kier molecular flexibility index (Phi) is 3.70. The highest BCUT2D eigenvalue weighted by molar-refractivity contribution is 7.85. The molecule has 0 N–H and O–H groups in total. The van der Waals surface area contributed by atoms with Crippen LogP contribution in [0.1, 0.15) is 23.0 Å². The van der Waals surface area contributed by atoms with Crippen LogP contribution < -0.4 is 0 Å². The number of benzene rings is 2. The van der Waals surface area contributed by atoms with Gasteiger partial charge >= 0.3 is 0 Å². The second-order valence-electron chi connectivity index (χ2n) is 4.68. The molecular formula is C16H16O3S. The molecule has 0 bridgehead atoms. The molecule has 1 unspecified atom stereocenters. The van der Waals surface area contributed by atoms with E-state index in [2.05, 4.69) is 0 Å². The Morgan fingerprint density at radius 2 is 1.70 bits per heavy atom. The minimum Gasteiger partial charge on any atom is -0.352 e.